The summed E-state index contributed by atoms with van der Waals surface area (Å²) in [5, 5.41) is 13.8. The molecule has 1 heterocycles. The average molecular weight is 311 g/mol. The molecule has 0 unspecified atom stereocenters. The number of carbonyl (C=O) groups is 1. The Kier molecular flexibility index (Phi) is 4.73. The van der Waals surface area contributed by atoms with Gasteiger partial charge < -0.3 is 10.8 Å². The molecule has 1 aromatic rings. The van der Waals surface area contributed by atoms with Crippen molar-refractivity contribution in [2.24, 2.45) is 10.8 Å². The average Bonchev–Trinajstić information content (AvgIpc) is 2.43. The molecule has 1 saturated carbocycles. The highest BCUT2D eigenvalue weighted by atomic mass is 32.1. The summed E-state index contributed by atoms with van der Waals surface area (Å²) in [6, 6.07) is -0.804. The van der Waals surface area contributed by atoms with Gasteiger partial charge >= 0.3 is 6.03 Å². The molecular formula is C12H17N5O3S. The fraction of sp³-hybridized carbons (Fsp3) is 0.500. The van der Waals surface area contributed by atoms with E-state index in [1.54, 1.807) is 4.57 Å². The zero-order chi connectivity index (χ0) is 15.4. The van der Waals surface area contributed by atoms with Crippen LogP contribution >= 0.6 is 12.2 Å². The minimum atomic E-state index is -0.859. The van der Waals surface area contributed by atoms with Crippen LogP contribution in [0.3, 0.4) is 0 Å². The van der Waals surface area contributed by atoms with Crippen molar-refractivity contribution in [1.29, 1.82) is 0 Å². The number of hydrogen-bond acceptors (Lipinski definition) is 5. The molecule has 0 radical (unpaired) electrons. The predicted molar refractivity (Wildman–Crippen MR) is 80.0 cm³/mol. The van der Waals surface area contributed by atoms with Crippen LogP contribution in [0.5, 0.6) is 5.88 Å². The first kappa shape index (κ1) is 15.2. The lowest BCUT2D eigenvalue weighted by Crippen LogP contribution is -2.26. The summed E-state index contributed by atoms with van der Waals surface area (Å²) in [5.41, 5.74) is 6.20. The normalized spacial score (nSPS) is 16.2. The van der Waals surface area contributed by atoms with E-state index in [-0.39, 0.29) is 22.3 Å². The summed E-state index contributed by atoms with van der Waals surface area (Å²) >= 11 is 5.13. The Bertz CT molecular complexity index is 672. The minimum Gasteiger partial charge on any atom is -0.494 e. The molecule has 9 heteroatoms. The first-order chi connectivity index (χ1) is 10.0. The van der Waals surface area contributed by atoms with Crippen LogP contribution in [-0.4, -0.2) is 26.9 Å². The third-order valence-corrected chi connectivity index (χ3v) is 3.76. The van der Waals surface area contributed by atoms with Gasteiger partial charge in [-0.05, 0) is 25.1 Å². The number of carbonyl (C=O) groups excluding carboxylic acids is 1. The molecular weight excluding hydrogens is 294 g/mol. The lowest BCUT2D eigenvalue weighted by Gasteiger charge is -2.25. The van der Waals surface area contributed by atoms with Crippen LogP contribution in [0.15, 0.2) is 9.90 Å². The lowest BCUT2D eigenvalue weighted by molar-refractivity contribution is 0.249. The summed E-state index contributed by atoms with van der Waals surface area (Å²) in [4.78, 5) is 24.9. The second kappa shape index (κ2) is 6.53. The van der Waals surface area contributed by atoms with Gasteiger partial charge in [0.15, 0.2) is 4.77 Å². The van der Waals surface area contributed by atoms with Gasteiger partial charge in [-0.2, -0.15) is 5.10 Å². The van der Waals surface area contributed by atoms with Gasteiger partial charge in [-0.3, -0.25) is 14.3 Å². The van der Waals surface area contributed by atoms with Crippen molar-refractivity contribution in [2.45, 2.75) is 38.1 Å². The largest absolute Gasteiger partial charge is 0.494 e. The minimum absolute atomic E-state index is 0.0550. The summed E-state index contributed by atoms with van der Waals surface area (Å²) in [6.07, 6.45) is 6.10. The molecule has 1 fully saturated rings. The second-order valence-electron chi connectivity index (χ2n) is 4.89. The maximum Gasteiger partial charge on any atom is 0.332 e. The maximum atomic E-state index is 11.8. The molecule has 5 N–H and O–H groups in total. The summed E-state index contributed by atoms with van der Waals surface area (Å²) in [6.45, 7) is 0. The van der Waals surface area contributed by atoms with Crippen molar-refractivity contribution in [3.05, 3.63) is 20.7 Å². The number of aromatic nitrogens is 2. The van der Waals surface area contributed by atoms with Crippen LogP contribution in [0.2, 0.25) is 0 Å². The summed E-state index contributed by atoms with van der Waals surface area (Å²) in [7, 11) is 0. The van der Waals surface area contributed by atoms with Crippen molar-refractivity contribution < 1.29 is 9.90 Å². The Morgan fingerprint density at radius 1 is 1.48 bits per heavy atom. The molecule has 114 valence electrons. The van der Waals surface area contributed by atoms with Crippen LogP contribution in [0.25, 0.3) is 0 Å². The molecule has 21 heavy (non-hydrogen) atoms. The molecule has 1 aliphatic carbocycles. The van der Waals surface area contributed by atoms with E-state index in [4.69, 9.17) is 18.0 Å². The van der Waals surface area contributed by atoms with Gasteiger partial charge in [-0.25, -0.2) is 10.2 Å². The number of amides is 2. The molecule has 0 bridgehead atoms. The van der Waals surface area contributed by atoms with E-state index < -0.39 is 11.6 Å². The highest BCUT2D eigenvalue weighted by Gasteiger charge is 2.21. The van der Waals surface area contributed by atoms with Gasteiger partial charge in [0, 0.05) is 6.04 Å². The van der Waals surface area contributed by atoms with E-state index in [1.807, 2.05) is 5.43 Å². The Labute approximate surface area is 125 Å². The smallest absolute Gasteiger partial charge is 0.332 e. The number of H-pyrrole nitrogens is 1. The fourth-order valence-corrected chi connectivity index (χ4v) is 2.84. The molecule has 0 saturated heterocycles. The van der Waals surface area contributed by atoms with E-state index in [1.165, 1.54) is 0 Å². The highest BCUT2D eigenvalue weighted by molar-refractivity contribution is 7.71. The molecule has 0 atom stereocenters. The zero-order valence-electron chi connectivity index (χ0n) is 11.3. The van der Waals surface area contributed by atoms with Gasteiger partial charge in [0.2, 0.25) is 5.88 Å². The highest BCUT2D eigenvalue weighted by Crippen LogP contribution is 2.31. The standard InChI is InChI=1S/C12H17N5O3S/c13-11(20)16-14-6-8-9(18)15-12(21)17(10(8)19)7-4-2-1-3-5-7/h6-7,19H,1-5H2,(H3,13,16,20)(H,15,18,21)/b14-6+. The van der Waals surface area contributed by atoms with E-state index in [2.05, 4.69) is 10.1 Å². The monoisotopic (exact) mass is 311 g/mol. The molecule has 2 rings (SSSR count). The first-order valence-electron chi connectivity index (χ1n) is 6.67. The van der Waals surface area contributed by atoms with E-state index >= 15 is 0 Å². The number of nitrogens with zero attached hydrogens (tertiary/aromatic N) is 2. The lowest BCUT2D eigenvalue weighted by atomic mass is 9.95. The first-order valence-corrected chi connectivity index (χ1v) is 7.08. The van der Waals surface area contributed by atoms with Crippen molar-refractivity contribution in [3.63, 3.8) is 0 Å². The maximum absolute atomic E-state index is 11.8. The van der Waals surface area contributed by atoms with Crippen LogP contribution in [0.4, 0.5) is 4.79 Å². The van der Waals surface area contributed by atoms with Crippen LogP contribution in [0.1, 0.15) is 43.7 Å². The third-order valence-electron chi connectivity index (χ3n) is 3.46. The Balaban J connectivity index is 2.42. The SMILES string of the molecule is NC(=O)N/N=C/c1c(O)n(C2CCCCC2)c(=S)[nH]c1=O. The van der Waals surface area contributed by atoms with Crippen molar-refractivity contribution in [2.75, 3.05) is 0 Å². The topological polar surface area (TPSA) is 126 Å². The Morgan fingerprint density at radius 3 is 2.76 bits per heavy atom. The van der Waals surface area contributed by atoms with E-state index in [0.717, 1.165) is 38.3 Å². The molecule has 0 aromatic carbocycles. The van der Waals surface area contributed by atoms with Crippen LogP contribution in [0, 0.1) is 4.77 Å². The van der Waals surface area contributed by atoms with Crippen LogP contribution < -0.4 is 16.7 Å². The van der Waals surface area contributed by atoms with Crippen LogP contribution in [-0.2, 0) is 0 Å². The second-order valence-corrected chi connectivity index (χ2v) is 5.28. The van der Waals surface area contributed by atoms with Gasteiger partial charge in [-0.1, -0.05) is 19.3 Å². The Morgan fingerprint density at radius 2 is 2.14 bits per heavy atom. The molecule has 0 spiro atoms. The Hall–Kier alpha value is -2.16. The number of aromatic amines is 1. The van der Waals surface area contributed by atoms with Gasteiger partial charge in [0.05, 0.1) is 6.21 Å². The fourth-order valence-electron chi connectivity index (χ4n) is 2.51. The van der Waals surface area contributed by atoms with Crippen molar-refractivity contribution in [1.82, 2.24) is 15.0 Å². The number of aromatic hydroxyl groups is 1. The number of rotatable bonds is 3. The zero-order valence-corrected chi connectivity index (χ0v) is 12.2. The summed E-state index contributed by atoms with van der Waals surface area (Å²) in [5.74, 6) is -0.245. The number of primary amides is 1. The molecule has 0 aliphatic heterocycles. The summed E-state index contributed by atoms with van der Waals surface area (Å²) < 4.78 is 1.73. The third kappa shape index (κ3) is 3.48. The number of nitrogens with two attached hydrogens (primary N) is 1. The number of nitrogens with one attached hydrogen (secondary N) is 2. The number of hydrogen-bond donors (Lipinski definition) is 4. The van der Waals surface area contributed by atoms with Gasteiger partial charge in [0.25, 0.3) is 5.56 Å². The van der Waals surface area contributed by atoms with E-state index in [9.17, 15) is 14.7 Å². The predicted octanol–water partition coefficient (Wildman–Crippen LogP) is 1.12. The quantitative estimate of drug-likeness (QED) is 0.379. The number of hydrazone groups is 1. The molecule has 2 amide bonds. The van der Waals surface area contributed by atoms with Gasteiger partial charge in [-0.15, -0.1) is 0 Å². The number of urea groups is 1. The van der Waals surface area contributed by atoms with Gasteiger partial charge in [0.1, 0.15) is 5.56 Å². The molecule has 1 aromatic heterocycles. The van der Waals surface area contributed by atoms with E-state index in [0.29, 0.717) is 0 Å². The molecule has 8 nitrogen and oxygen atoms in total. The van der Waals surface area contributed by atoms with Crippen molar-refractivity contribution in [3.8, 4) is 5.88 Å². The van der Waals surface area contributed by atoms with Crippen molar-refractivity contribution >= 4 is 24.5 Å². The molecule has 1 aliphatic rings.